The molecule has 1 saturated heterocycles. The lowest BCUT2D eigenvalue weighted by Crippen LogP contribution is -2.52. The molecule has 0 aromatic carbocycles. The fourth-order valence-electron chi connectivity index (χ4n) is 3.42. The van der Waals surface area contributed by atoms with Crippen LogP contribution in [0.15, 0.2) is 48.4 Å². The zero-order chi connectivity index (χ0) is 15.6. The van der Waals surface area contributed by atoms with E-state index >= 15 is 0 Å². The van der Waals surface area contributed by atoms with Gasteiger partial charge in [-0.1, -0.05) is 25.2 Å². The number of nitrogens with zero attached hydrogens (tertiary/aromatic N) is 2. The molecule has 0 aromatic heterocycles. The fourth-order valence-corrected chi connectivity index (χ4v) is 3.42. The third-order valence-electron chi connectivity index (χ3n) is 4.93. The van der Waals surface area contributed by atoms with E-state index in [4.69, 9.17) is 4.74 Å². The van der Waals surface area contributed by atoms with E-state index < -0.39 is 0 Å². The second-order valence-corrected chi connectivity index (χ2v) is 6.20. The topological polar surface area (TPSA) is 32.8 Å². The molecule has 1 amide bonds. The summed E-state index contributed by atoms with van der Waals surface area (Å²) in [5.74, 6) is 0.280. The van der Waals surface area contributed by atoms with Gasteiger partial charge in [0.2, 0.25) is 5.91 Å². The minimum absolute atomic E-state index is 0.280. The van der Waals surface area contributed by atoms with Crippen LogP contribution >= 0.6 is 0 Å². The Labute approximate surface area is 132 Å². The van der Waals surface area contributed by atoms with Crippen LogP contribution in [0.4, 0.5) is 0 Å². The Balaban J connectivity index is 1.83. The summed E-state index contributed by atoms with van der Waals surface area (Å²) in [6.45, 7) is 6.49. The van der Waals surface area contributed by atoms with E-state index in [0.29, 0.717) is 13.2 Å². The SMILES string of the molecule is C=C/C=C1/C=CC(C2(C(=O)N3CCOCC3)CCC2)=CN1C. The van der Waals surface area contributed by atoms with Crippen molar-refractivity contribution in [1.82, 2.24) is 9.80 Å². The molecule has 0 atom stereocenters. The number of hydrogen-bond acceptors (Lipinski definition) is 3. The third kappa shape index (κ3) is 2.52. The maximum absolute atomic E-state index is 13.1. The van der Waals surface area contributed by atoms with Crippen LogP contribution in [0.3, 0.4) is 0 Å². The van der Waals surface area contributed by atoms with Gasteiger partial charge in [-0.3, -0.25) is 4.79 Å². The molecule has 3 rings (SSSR count). The van der Waals surface area contributed by atoms with Crippen molar-refractivity contribution in [1.29, 1.82) is 0 Å². The van der Waals surface area contributed by atoms with Crippen LogP contribution in [0.1, 0.15) is 19.3 Å². The summed E-state index contributed by atoms with van der Waals surface area (Å²) in [5.41, 5.74) is 1.91. The first-order valence-corrected chi connectivity index (χ1v) is 8.00. The van der Waals surface area contributed by atoms with E-state index in [1.165, 1.54) is 0 Å². The average Bonchev–Trinajstić information content (AvgIpc) is 2.50. The second kappa shape index (κ2) is 6.13. The van der Waals surface area contributed by atoms with Crippen LogP contribution in [0.25, 0.3) is 0 Å². The summed E-state index contributed by atoms with van der Waals surface area (Å²) >= 11 is 0. The molecule has 1 saturated carbocycles. The predicted molar refractivity (Wildman–Crippen MR) is 86.9 cm³/mol. The van der Waals surface area contributed by atoms with Crippen LogP contribution < -0.4 is 0 Å². The molecule has 0 radical (unpaired) electrons. The van der Waals surface area contributed by atoms with Gasteiger partial charge in [0.15, 0.2) is 0 Å². The van der Waals surface area contributed by atoms with Crippen LogP contribution in [0.5, 0.6) is 0 Å². The van der Waals surface area contributed by atoms with Crippen LogP contribution in [0.2, 0.25) is 0 Å². The standard InChI is InChI=1S/C18H24N2O2/c1-3-5-16-7-6-15(14-19(16)2)18(8-4-9-18)17(21)20-10-12-22-13-11-20/h3,5-7,14H,1,4,8-13H2,2H3/b16-5-. The molecular weight excluding hydrogens is 276 g/mol. The van der Waals surface area contributed by atoms with Gasteiger partial charge in [-0.05, 0) is 30.6 Å². The zero-order valence-electron chi connectivity index (χ0n) is 13.3. The first-order chi connectivity index (χ1) is 10.7. The van der Waals surface area contributed by atoms with Crippen molar-refractivity contribution >= 4 is 5.91 Å². The maximum atomic E-state index is 13.1. The van der Waals surface area contributed by atoms with Crippen LogP contribution in [-0.2, 0) is 9.53 Å². The van der Waals surface area contributed by atoms with Crippen molar-refractivity contribution in [3.05, 3.63) is 48.4 Å². The number of morpholine rings is 1. The summed E-state index contributed by atoms with van der Waals surface area (Å²) in [5, 5.41) is 0. The normalized spacial score (nSPS) is 25.7. The van der Waals surface area contributed by atoms with Gasteiger partial charge in [0.05, 0.1) is 18.6 Å². The van der Waals surface area contributed by atoms with Gasteiger partial charge in [-0.15, -0.1) is 0 Å². The first kappa shape index (κ1) is 15.1. The lowest BCUT2D eigenvalue weighted by atomic mass is 9.62. The highest BCUT2D eigenvalue weighted by atomic mass is 16.5. The minimum atomic E-state index is -0.318. The summed E-state index contributed by atoms with van der Waals surface area (Å²) in [4.78, 5) is 17.1. The van der Waals surface area contributed by atoms with E-state index in [9.17, 15) is 4.79 Å². The largest absolute Gasteiger partial charge is 0.378 e. The molecule has 22 heavy (non-hydrogen) atoms. The second-order valence-electron chi connectivity index (χ2n) is 6.20. The highest BCUT2D eigenvalue weighted by molar-refractivity contribution is 5.88. The lowest BCUT2D eigenvalue weighted by molar-refractivity contribution is -0.148. The molecule has 4 nitrogen and oxygen atoms in total. The molecule has 118 valence electrons. The molecule has 0 spiro atoms. The number of carbonyl (C=O) groups excluding carboxylic acids is 1. The quantitative estimate of drug-likeness (QED) is 0.803. The van der Waals surface area contributed by atoms with Crippen molar-refractivity contribution in [3.8, 4) is 0 Å². The van der Waals surface area contributed by atoms with Crippen molar-refractivity contribution < 1.29 is 9.53 Å². The van der Waals surface area contributed by atoms with Crippen molar-refractivity contribution in [2.24, 2.45) is 5.41 Å². The van der Waals surface area contributed by atoms with Gasteiger partial charge in [0, 0.05) is 32.0 Å². The van der Waals surface area contributed by atoms with Crippen molar-refractivity contribution in [3.63, 3.8) is 0 Å². The van der Waals surface area contributed by atoms with E-state index in [0.717, 1.165) is 43.6 Å². The van der Waals surface area contributed by atoms with E-state index in [-0.39, 0.29) is 11.3 Å². The van der Waals surface area contributed by atoms with E-state index in [1.807, 2.05) is 18.0 Å². The van der Waals surface area contributed by atoms with Gasteiger partial charge in [0.25, 0.3) is 0 Å². The molecule has 0 unspecified atom stereocenters. The lowest BCUT2D eigenvalue weighted by Gasteiger charge is -2.46. The molecule has 0 aromatic rings. The number of likely N-dealkylation sites (N-methyl/N-ethyl adjacent to an activating group) is 1. The summed E-state index contributed by atoms with van der Waals surface area (Å²) in [6.07, 6.45) is 13.1. The van der Waals surface area contributed by atoms with Gasteiger partial charge in [0.1, 0.15) is 0 Å². The van der Waals surface area contributed by atoms with Crippen LogP contribution in [-0.4, -0.2) is 49.1 Å². The molecule has 1 aliphatic carbocycles. The monoisotopic (exact) mass is 300 g/mol. The molecule has 0 N–H and O–H groups in total. The molecule has 3 aliphatic rings. The number of carbonyl (C=O) groups is 1. The van der Waals surface area contributed by atoms with E-state index in [2.05, 4.69) is 29.8 Å². The minimum Gasteiger partial charge on any atom is -0.378 e. The summed E-state index contributed by atoms with van der Waals surface area (Å²) in [6, 6.07) is 0. The molecule has 0 bridgehead atoms. The molecule has 4 heteroatoms. The maximum Gasteiger partial charge on any atom is 0.233 e. The van der Waals surface area contributed by atoms with Gasteiger partial charge >= 0.3 is 0 Å². The Morgan fingerprint density at radius 2 is 2.05 bits per heavy atom. The highest BCUT2D eigenvalue weighted by Crippen LogP contribution is 2.50. The zero-order valence-corrected chi connectivity index (χ0v) is 13.3. The Bertz CT molecular complexity index is 549. The smallest absolute Gasteiger partial charge is 0.233 e. The molecule has 2 fully saturated rings. The number of hydrogen-bond donors (Lipinski definition) is 0. The Hall–Kier alpha value is -1.81. The summed E-state index contributed by atoms with van der Waals surface area (Å²) < 4.78 is 5.37. The number of amides is 1. The van der Waals surface area contributed by atoms with Crippen molar-refractivity contribution in [2.45, 2.75) is 19.3 Å². The van der Waals surface area contributed by atoms with Gasteiger partial charge < -0.3 is 14.5 Å². The third-order valence-corrected chi connectivity index (χ3v) is 4.93. The Morgan fingerprint density at radius 1 is 1.32 bits per heavy atom. The fraction of sp³-hybridized carbons (Fsp3) is 0.500. The molecule has 2 heterocycles. The summed E-state index contributed by atoms with van der Waals surface area (Å²) in [7, 11) is 2.02. The average molecular weight is 300 g/mol. The van der Waals surface area contributed by atoms with Gasteiger partial charge in [-0.25, -0.2) is 0 Å². The Kier molecular flexibility index (Phi) is 4.21. The van der Waals surface area contributed by atoms with Crippen molar-refractivity contribution in [2.75, 3.05) is 33.4 Å². The Morgan fingerprint density at radius 3 is 2.59 bits per heavy atom. The van der Waals surface area contributed by atoms with Gasteiger partial charge in [-0.2, -0.15) is 0 Å². The predicted octanol–water partition coefficient (Wildman–Crippen LogP) is 2.47. The first-order valence-electron chi connectivity index (χ1n) is 8.00. The van der Waals surface area contributed by atoms with Crippen LogP contribution in [0, 0.1) is 5.41 Å². The number of rotatable bonds is 3. The molecular formula is C18H24N2O2. The highest BCUT2D eigenvalue weighted by Gasteiger charge is 2.49. The van der Waals surface area contributed by atoms with E-state index in [1.54, 1.807) is 6.08 Å². The number of allylic oxidation sites excluding steroid dienone is 4. The number of ether oxygens (including phenoxy) is 1. The molecule has 2 aliphatic heterocycles.